The highest BCUT2D eigenvalue weighted by molar-refractivity contribution is 7.80. The van der Waals surface area contributed by atoms with Gasteiger partial charge in [0, 0.05) is 13.5 Å². The average molecular weight is 215 g/mol. The fourth-order valence-electron chi connectivity index (χ4n) is 2.53. The molecule has 3 saturated heterocycles. The van der Waals surface area contributed by atoms with Crippen LogP contribution in [0.5, 0.6) is 0 Å². The van der Waals surface area contributed by atoms with Crippen molar-refractivity contribution in [2.45, 2.75) is 25.4 Å². The van der Waals surface area contributed by atoms with E-state index in [1.165, 1.54) is 0 Å². The quantitative estimate of drug-likeness (QED) is 0.691. The zero-order valence-corrected chi connectivity index (χ0v) is 9.35. The number of hydrogen-bond donors (Lipinski definition) is 1. The second-order valence-corrected chi connectivity index (χ2v) is 5.01. The summed E-state index contributed by atoms with van der Waals surface area (Å²) in [5.41, 5.74) is -0.656. The molecule has 2 bridgehead atoms. The molecule has 0 aromatic carbocycles. The summed E-state index contributed by atoms with van der Waals surface area (Å²) >= 11 is 4.85. The molecule has 80 valence electrons. The van der Waals surface area contributed by atoms with Gasteiger partial charge in [0.05, 0.1) is 0 Å². The van der Waals surface area contributed by atoms with Crippen LogP contribution in [0.1, 0.15) is 19.8 Å². The lowest BCUT2D eigenvalue weighted by Crippen LogP contribution is -2.61. The van der Waals surface area contributed by atoms with Gasteiger partial charge in [0.15, 0.2) is 5.05 Å². The minimum atomic E-state index is -0.656. The van der Waals surface area contributed by atoms with Crippen molar-refractivity contribution in [1.29, 1.82) is 0 Å². The van der Waals surface area contributed by atoms with Gasteiger partial charge in [-0.15, -0.1) is 0 Å². The van der Waals surface area contributed by atoms with Crippen molar-refractivity contribution < 1.29 is 9.84 Å². The number of nitrogens with zero attached hydrogens (tertiary/aromatic N) is 1. The van der Waals surface area contributed by atoms with Crippen molar-refractivity contribution in [3.63, 3.8) is 0 Å². The maximum Gasteiger partial charge on any atom is 0.156 e. The van der Waals surface area contributed by atoms with Crippen LogP contribution < -0.4 is 0 Å². The number of piperidine rings is 3. The monoisotopic (exact) mass is 215 g/mol. The van der Waals surface area contributed by atoms with E-state index >= 15 is 0 Å². The predicted octanol–water partition coefficient (Wildman–Crippen LogP) is 0.807. The van der Waals surface area contributed by atoms with Crippen LogP contribution in [-0.2, 0) is 4.74 Å². The summed E-state index contributed by atoms with van der Waals surface area (Å²) in [6, 6.07) is 0. The molecule has 0 aliphatic carbocycles. The van der Waals surface area contributed by atoms with E-state index in [1.807, 2.05) is 0 Å². The molecule has 0 amide bonds. The van der Waals surface area contributed by atoms with Crippen LogP contribution in [-0.4, -0.2) is 46.9 Å². The highest BCUT2D eigenvalue weighted by atomic mass is 32.1. The van der Waals surface area contributed by atoms with E-state index in [9.17, 15) is 5.11 Å². The third-order valence-corrected chi connectivity index (χ3v) is 3.49. The van der Waals surface area contributed by atoms with E-state index in [0.29, 0.717) is 17.6 Å². The van der Waals surface area contributed by atoms with Crippen LogP contribution >= 0.6 is 12.2 Å². The molecular formula is C10H17NO2S. The van der Waals surface area contributed by atoms with E-state index < -0.39 is 5.60 Å². The van der Waals surface area contributed by atoms with Gasteiger partial charge in [-0.2, -0.15) is 0 Å². The molecule has 3 nitrogen and oxygen atoms in total. The Labute approximate surface area is 90.0 Å². The third kappa shape index (κ3) is 1.92. The van der Waals surface area contributed by atoms with Crippen LogP contribution in [0.25, 0.3) is 0 Å². The molecule has 0 spiro atoms. The van der Waals surface area contributed by atoms with Gasteiger partial charge in [-0.05, 0) is 44.1 Å². The highest BCUT2D eigenvalue weighted by Gasteiger charge is 2.45. The van der Waals surface area contributed by atoms with Gasteiger partial charge < -0.3 is 14.7 Å². The molecule has 0 unspecified atom stereocenters. The van der Waals surface area contributed by atoms with E-state index in [4.69, 9.17) is 17.0 Å². The van der Waals surface area contributed by atoms with E-state index in [0.717, 1.165) is 32.5 Å². The average Bonchev–Trinajstić information content (AvgIpc) is 2.16. The first-order chi connectivity index (χ1) is 6.60. The maximum absolute atomic E-state index is 10.4. The summed E-state index contributed by atoms with van der Waals surface area (Å²) in [6.07, 6.45) is 2.19. The van der Waals surface area contributed by atoms with E-state index in [1.54, 1.807) is 6.92 Å². The Balaban J connectivity index is 1.97. The predicted molar refractivity (Wildman–Crippen MR) is 58.3 cm³/mol. The minimum absolute atomic E-state index is 0.365. The molecular weight excluding hydrogens is 198 g/mol. The molecule has 0 aromatic heterocycles. The maximum atomic E-state index is 10.4. The van der Waals surface area contributed by atoms with Gasteiger partial charge in [-0.25, -0.2) is 0 Å². The molecule has 0 radical (unpaired) electrons. The Bertz CT molecular complexity index is 238. The summed E-state index contributed by atoms with van der Waals surface area (Å²) in [5.74, 6) is 0.404. The smallest absolute Gasteiger partial charge is 0.156 e. The first kappa shape index (κ1) is 10.3. The number of thiocarbonyl (C=S) groups is 1. The number of fused-ring (bicyclic) bond motifs is 3. The highest BCUT2D eigenvalue weighted by Crippen LogP contribution is 2.35. The van der Waals surface area contributed by atoms with Gasteiger partial charge in [0.25, 0.3) is 0 Å². The topological polar surface area (TPSA) is 32.7 Å². The minimum Gasteiger partial charge on any atom is -0.484 e. The summed E-state index contributed by atoms with van der Waals surface area (Å²) in [5, 5.41) is 10.9. The summed E-state index contributed by atoms with van der Waals surface area (Å²) < 4.78 is 5.29. The third-order valence-electron chi connectivity index (χ3n) is 3.37. The molecule has 14 heavy (non-hydrogen) atoms. The first-order valence-corrected chi connectivity index (χ1v) is 5.59. The van der Waals surface area contributed by atoms with Crippen LogP contribution in [0, 0.1) is 5.92 Å². The van der Waals surface area contributed by atoms with Crippen molar-refractivity contribution in [2.24, 2.45) is 5.92 Å². The van der Waals surface area contributed by atoms with Crippen LogP contribution in [0.15, 0.2) is 0 Å². The largest absolute Gasteiger partial charge is 0.484 e. The Kier molecular flexibility index (Phi) is 2.77. The Morgan fingerprint density at radius 3 is 2.64 bits per heavy atom. The lowest BCUT2D eigenvalue weighted by Gasteiger charge is -2.49. The van der Waals surface area contributed by atoms with Crippen molar-refractivity contribution >= 4 is 17.3 Å². The van der Waals surface area contributed by atoms with Crippen molar-refractivity contribution in [1.82, 2.24) is 4.90 Å². The zero-order valence-electron chi connectivity index (χ0n) is 8.53. The Morgan fingerprint density at radius 2 is 2.21 bits per heavy atom. The van der Waals surface area contributed by atoms with E-state index in [-0.39, 0.29) is 0 Å². The summed E-state index contributed by atoms with van der Waals surface area (Å²) in [7, 11) is 0. The van der Waals surface area contributed by atoms with E-state index in [2.05, 4.69) is 4.90 Å². The fourth-order valence-corrected chi connectivity index (χ4v) is 2.59. The van der Waals surface area contributed by atoms with Crippen molar-refractivity contribution in [3.05, 3.63) is 0 Å². The molecule has 0 aromatic rings. The van der Waals surface area contributed by atoms with Crippen LogP contribution in [0.4, 0.5) is 0 Å². The fraction of sp³-hybridized carbons (Fsp3) is 0.900. The van der Waals surface area contributed by atoms with Crippen LogP contribution in [0.2, 0.25) is 0 Å². The Hall–Kier alpha value is -0.190. The number of hydrogen-bond acceptors (Lipinski definition) is 4. The van der Waals surface area contributed by atoms with Crippen LogP contribution in [0.3, 0.4) is 0 Å². The second-order valence-electron chi connectivity index (χ2n) is 4.43. The normalized spacial score (nSPS) is 41.0. The van der Waals surface area contributed by atoms with Gasteiger partial charge >= 0.3 is 0 Å². The van der Waals surface area contributed by atoms with Gasteiger partial charge in [-0.3, -0.25) is 0 Å². The molecule has 3 heterocycles. The van der Waals surface area contributed by atoms with Crippen molar-refractivity contribution in [2.75, 3.05) is 26.2 Å². The zero-order chi connectivity index (χ0) is 10.2. The Morgan fingerprint density at radius 1 is 1.57 bits per heavy atom. The lowest BCUT2D eigenvalue weighted by atomic mass is 9.76. The number of rotatable bonds is 2. The molecule has 1 N–H and O–H groups in total. The van der Waals surface area contributed by atoms with Crippen molar-refractivity contribution in [3.8, 4) is 0 Å². The molecule has 0 saturated carbocycles. The standard InChI is InChI=1S/C10H17NO2S/c1-8(14)13-7-10(12)6-11-4-2-9(10)3-5-11/h9,12H,2-7H2,1H3/t10-/m0/s1. The molecule has 3 aliphatic rings. The first-order valence-electron chi connectivity index (χ1n) is 5.18. The van der Waals surface area contributed by atoms with Gasteiger partial charge in [0.2, 0.25) is 0 Å². The SMILES string of the molecule is CC(=S)OC[C@@]1(O)CN2CCC1CC2. The number of ether oxygens (including phenoxy) is 1. The van der Waals surface area contributed by atoms with Gasteiger partial charge in [0.1, 0.15) is 12.2 Å². The molecule has 1 atom stereocenters. The molecule has 3 aliphatic heterocycles. The van der Waals surface area contributed by atoms with Gasteiger partial charge in [-0.1, -0.05) is 0 Å². The number of aliphatic hydroxyl groups is 1. The lowest BCUT2D eigenvalue weighted by molar-refractivity contribution is -0.133. The second kappa shape index (κ2) is 3.76. The molecule has 4 heteroatoms. The summed E-state index contributed by atoms with van der Waals surface area (Å²) in [6.45, 7) is 5.12. The summed E-state index contributed by atoms with van der Waals surface area (Å²) in [4.78, 5) is 2.31. The molecule has 3 fully saturated rings. The molecule has 3 rings (SSSR count).